The highest BCUT2D eigenvalue weighted by molar-refractivity contribution is 7.93. The molecule has 1 spiro atoms. The molecule has 3 fully saturated rings. The third kappa shape index (κ3) is 5.52. The predicted octanol–water partition coefficient (Wildman–Crippen LogP) is 6.26. The predicted molar refractivity (Wildman–Crippen MR) is 165 cm³/mol. The van der Waals surface area contributed by atoms with Crippen LogP contribution in [0.4, 0.5) is 5.69 Å². The van der Waals surface area contributed by atoms with Crippen molar-refractivity contribution in [2.45, 2.75) is 61.6 Å². The van der Waals surface area contributed by atoms with E-state index < -0.39 is 56.9 Å². The number of carbonyl (C=O) groups is 2. The van der Waals surface area contributed by atoms with Gasteiger partial charge in [0.25, 0.3) is 5.91 Å². The number of amides is 1. The molecule has 226 valence electrons. The number of hydrogen-bond acceptors (Lipinski definition) is 5. The number of anilines is 1. The molecule has 43 heavy (non-hydrogen) atoms. The molecule has 2 aliphatic carbocycles. The van der Waals surface area contributed by atoms with Gasteiger partial charge in [-0.2, -0.15) is 0 Å². The van der Waals surface area contributed by atoms with Crippen molar-refractivity contribution in [1.29, 1.82) is 0 Å². The number of carbonyl (C=O) groups excluding carboxylic acids is 1. The van der Waals surface area contributed by atoms with Crippen LogP contribution in [0.3, 0.4) is 0 Å². The fraction of sp³-hybridized carbons (Fsp3) is 0.375. The highest BCUT2D eigenvalue weighted by atomic mass is 35.5. The van der Waals surface area contributed by atoms with E-state index in [2.05, 4.69) is 0 Å². The van der Waals surface area contributed by atoms with Crippen molar-refractivity contribution >= 4 is 50.8 Å². The summed E-state index contributed by atoms with van der Waals surface area (Å²) in [6.07, 6.45) is 0.844. The molecule has 0 aromatic heterocycles. The third-order valence-electron chi connectivity index (χ3n) is 8.66. The number of ether oxygens (including phenoxy) is 1. The molecule has 3 aromatic rings. The van der Waals surface area contributed by atoms with Gasteiger partial charge < -0.3 is 14.7 Å². The lowest BCUT2D eigenvalue weighted by Gasteiger charge is -2.49. The average molecular weight is 644 g/mol. The van der Waals surface area contributed by atoms with E-state index in [0.717, 1.165) is 5.56 Å². The van der Waals surface area contributed by atoms with Crippen LogP contribution in [0.15, 0.2) is 78.9 Å². The molecule has 0 radical (unpaired) electrons. The van der Waals surface area contributed by atoms with E-state index in [4.69, 9.17) is 27.9 Å². The highest BCUT2D eigenvalue weighted by Gasteiger charge is 2.71. The van der Waals surface area contributed by atoms with Crippen LogP contribution in [0, 0.1) is 5.92 Å². The Labute approximate surface area is 261 Å². The van der Waals surface area contributed by atoms with E-state index in [9.17, 15) is 23.1 Å². The maximum atomic E-state index is 14.6. The first-order valence-electron chi connectivity index (χ1n) is 14.4. The Morgan fingerprint density at radius 1 is 1.02 bits per heavy atom. The van der Waals surface area contributed by atoms with E-state index in [-0.39, 0.29) is 13.0 Å². The van der Waals surface area contributed by atoms with Crippen LogP contribution in [0.2, 0.25) is 10.0 Å². The number of para-hydroxylation sites is 1. The number of benzene rings is 3. The Morgan fingerprint density at radius 3 is 2.30 bits per heavy atom. The highest BCUT2D eigenvalue weighted by Crippen LogP contribution is 2.58. The number of carboxylic acid groups (broad SMARTS) is 1. The summed E-state index contributed by atoms with van der Waals surface area (Å²) in [6.45, 7) is 1.91. The van der Waals surface area contributed by atoms with E-state index in [0.29, 0.717) is 40.6 Å². The Balaban J connectivity index is 1.50. The van der Waals surface area contributed by atoms with Crippen molar-refractivity contribution < 1.29 is 27.9 Å². The van der Waals surface area contributed by atoms with Crippen molar-refractivity contribution in [2.24, 2.45) is 5.92 Å². The number of morpholine rings is 1. The Morgan fingerprint density at radius 2 is 1.72 bits per heavy atom. The van der Waals surface area contributed by atoms with Crippen LogP contribution >= 0.6 is 23.2 Å². The van der Waals surface area contributed by atoms with Gasteiger partial charge in [-0.1, -0.05) is 72.6 Å². The molecule has 1 saturated heterocycles. The minimum Gasteiger partial charge on any atom is -0.481 e. The molecule has 1 aliphatic heterocycles. The number of halogens is 2. The average Bonchev–Trinajstić information content (AvgIpc) is 3.92. The van der Waals surface area contributed by atoms with Gasteiger partial charge in [-0.05, 0) is 66.8 Å². The summed E-state index contributed by atoms with van der Waals surface area (Å²) < 4.78 is 35.6. The largest absolute Gasteiger partial charge is 0.481 e. The SMILES string of the molecule is CCC(CN(c1ccccc1)S(=O)(=O)C1CC1)N1C(=O)C2(C[C@H]2C(=O)O)O[C@H](c2cccc(Cl)c2)C1c1ccc(Cl)cc1. The zero-order valence-corrected chi connectivity index (χ0v) is 25.8. The van der Waals surface area contributed by atoms with Gasteiger partial charge in [0.15, 0.2) is 5.60 Å². The number of hydrogen-bond donors (Lipinski definition) is 1. The van der Waals surface area contributed by atoms with Gasteiger partial charge >= 0.3 is 5.97 Å². The van der Waals surface area contributed by atoms with Crippen molar-refractivity contribution in [3.05, 3.63) is 100 Å². The van der Waals surface area contributed by atoms with Crippen LogP contribution in [0.25, 0.3) is 0 Å². The minimum atomic E-state index is -3.70. The Kier molecular flexibility index (Phi) is 7.96. The number of nitrogens with zero attached hydrogens (tertiary/aromatic N) is 2. The smallest absolute Gasteiger partial charge is 0.310 e. The summed E-state index contributed by atoms with van der Waals surface area (Å²) in [4.78, 5) is 28.4. The van der Waals surface area contributed by atoms with Crippen molar-refractivity contribution in [1.82, 2.24) is 4.90 Å². The molecule has 1 N–H and O–H groups in total. The fourth-order valence-corrected chi connectivity index (χ4v) is 8.37. The van der Waals surface area contributed by atoms with Crippen LogP contribution in [0.5, 0.6) is 0 Å². The van der Waals surface area contributed by atoms with E-state index >= 15 is 0 Å². The summed E-state index contributed by atoms with van der Waals surface area (Å²) >= 11 is 12.6. The van der Waals surface area contributed by atoms with Gasteiger partial charge in [-0.3, -0.25) is 13.9 Å². The molecule has 0 bridgehead atoms. The number of sulfonamides is 1. The van der Waals surface area contributed by atoms with Gasteiger partial charge in [0.2, 0.25) is 10.0 Å². The topological polar surface area (TPSA) is 104 Å². The molecule has 5 atom stereocenters. The van der Waals surface area contributed by atoms with E-state index in [1.165, 1.54) is 4.31 Å². The number of aliphatic carboxylic acids is 1. The first kappa shape index (κ1) is 29.9. The second-order valence-corrected chi connectivity index (χ2v) is 14.5. The summed E-state index contributed by atoms with van der Waals surface area (Å²) in [7, 11) is -3.70. The molecule has 2 saturated carbocycles. The second kappa shape index (κ2) is 11.4. The van der Waals surface area contributed by atoms with Crippen LogP contribution < -0.4 is 4.31 Å². The van der Waals surface area contributed by atoms with Crippen molar-refractivity contribution in [3.63, 3.8) is 0 Å². The van der Waals surface area contributed by atoms with Crippen molar-refractivity contribution in [2.75, 3.05) is 10.8 Å². The fourth-order valence-electron chi connectivity index (χ4n) is 6.15. The molecule has 3 unspecified atom stereocenters. The molecular weight excluding hydrogens is 611 g/mol. The molecule has 1 heterocycles. The van der Waals surface area contributed by atoms with Crippen molar-refractivity contribution in [3.8, 4) is 0 Å². The maximum absolute atomic E-state index is 14.6. The number of rotatable bonds is 10. The first-order valence-corrected chi connectivity index (χ1v) is 16.6. The molecule has 3 aliphatic rings. The summed E-state index contributed by atoms with van der Waals surface area (Å²) in [6, 6.07) is 21.8. The summed E-state index contributed by atoms with van der Waals surface area (Å²) in [5.41, 5.74) is 0.357. The third-order valence-corrected chi connectivity index (χ3v) is 11.4. The zero-order chi connectivity index (χ0) is 30.5. The van der Waals surface area contributed by atoms with Gasteiger partial charge in [-0.15, -0.1) is 0 Å². The molecule has 1 amide bonds. The van der Waals surface area contributed by atoms with Crippen LogP contribution in [-0.4, -0.2) is 53.7 Å². The van der Waals surface area contributed by atoms with Gasteiger partial charge in [0.05, 0.1) is 35.5 Å². The quantitative estimate of drug-likeness (QED) is 0.280. The normalized spacial score (nSPS) is 25.9. The van der Waals surface area contributed by atoms with Crippen LogP contribution in [-0.2, 0) is 24.3 Å². The molecule has 6 rings (SSSR count). The lowest BCUT2D eigenvalue weighted by Crippen LogP contribution is -2.59. The van der Waals surface area contributed by atoms with Crippen LogP contribution in [0.1, 0.15) is 55.9 Å². The second-order valence-electron chi connectivity index (χ2n) is 11.5. The minimum absolute atomic E-state index is 0.00522. The van der Waals surface area contributed by atoms with Gasteiger partial charge in [-0.25, -0.2) is 8.42 Å². The lowest BCUT2D eigenvalue weighted by molar-refractivity contribution is -0.189. The van der Waals surface area contributed by atoms with E-state index in [1.54, 1.807) is 59.5 Å². The van der Waals surface area contributed by atoms with E-state index in [1.807, 2.05) is 31.2 Å². The molecule has 3 aromatic carbocycles. The zero-order valence-electron chi connectivity index (χ0n) is 23.5. The summed E-state index contributed by atoms with van der Waals surface area (Å²) in [5, 5.41) is 10.5. The Hall–Kier alpha value is -3.11. The monoisotopic (exact) mass is 642 g/mol. The number of carboxylic acids is 1. The van der Waals surface area contributed by atoms with Gasteiger partial charge in [0, 0.05) is 16.5 Å². The summed E-state index contributed by atoms with van der Waals surface area (Å²) in [5.74, 6) is -2.59. The van der Waals surface area contributed by atoms with Gasteiger partial charge in [0.1, 0.15) is 6.10 Å². The first-order chi connectivity index (χ1) is 20.6. The lowest BCUT2D eigenvalue weighted by atomic mass is 9.89. The maximum Gasteiger partial charge on any atom is 0.310 e. The Bertz CT molecular complexity index is 1630. The molecular formula is C32H32Cl2N2O6S. The standard InChI is InChI=1S/C32H32Cl2N2O6S/c1-2-24(19-35(25-9-4-3-5-10-25)43(40,41)26-15-16-26)36-28(20-11-13-22(33)14-12-20)29(21-7-6-8-23(34)17-21)42-32(31(36)39)18-27(32)30(37)38/h3-14,17,24,26-29H,2,15-16,18-19H2,1H3,(H,37,38)/t24?,27-,28?,29+,32?/m0/s1. The molecule has 8 nitrogen and oxygen atoms in total. The molecule has 11 heteroatoms.